The number of urea groups is 1. The molecule has 0 radical (unpaired) electrons. The predicted octanol–water partition coefficient (Wildman–Crippen LogP) is 4.22. The van der Waals surface area contributed by atoms with Crippen molar-refractivity contribution in [2.75, 3.05) is 10.6 Å². The molecule has 138 valence electrons. The van der Waals surface area contributed by atoms with Gasteiger partial charge in [-0.25, -0.2) is 14.8 Å². The first-order valence-corrected chi connectivity index (χ1v) is 9.30. The number of nitrogens with one attached hydrogen (secondary N) is 3. The number of carbonyl (C=O) groups is 1. The van der Waals surface area contributed by atoms with E-state index < -0.39 is 0 Å². The number of carbonyl (C=O) groups excluding carboxylic acids is 1. The molecule has 3 N–H and O–H groups in total. The van der Waals surface area contributed by atoms with Crippen molar-refractivity contribution in [1.82, 2.24) is 20.3 Å². The van der Waals surface area contributed by atoms with Crippen molar-refractivity contribution in [2.24, 2.45) is 0 Å². The maximum Gasteiger partial charge on any atom is 0.320 e. The fourth-order valence-corrected chi connectivity index (χ4v) is 3.27. The molecule has 3 aromatic rings. The Kier molecular flexibility index (Phi) is 5.09. The second-order valence-corrected chi connectivity index (χ2v) is 6.73. The highest BCUT2D eigenvalue weighted by molar-refractivity contribution is 5.90. The van der Waals surface area contributed by atoms with E-state index in [-0.39, 0.29) is 12.1 Å². The Hall–Kier alpha value is -3.22. The summed E-state index contributed by atoms with van der Waals surface area (Å²) in [5.74, 6) is 0.935. The molecule has 27 heavy (non-hydrogen) atoms. The van der Waals surface area contributed by atoms with Crippen LogP contribution in [0.15, 0.2) is 48.7 Å². The SMILES string of the molecule is O=C(Nc1ccc2cnc(Nc3ccccc3)nc2n1)NC1CCCCC1. The molecular formula is C20H22N6O. The third kappa shape index (κ3) is 4.49. The van der Waals surface area contributed by atoms with Gasteiger partial charge in [-0.3, -0.25) is 5.32 Å². The average Bonchev–Trinajstić information content (AvgIpc) is 2.69. The molecule has 2 amide bonds. The molecule has 7 heteroatoms. The molecule has 0 saturated heterocycles. The Labute approximate surface area is 157 Å². The minimum Gasteiger partial charge on any atom is -0.335 e. The summed E-state index contributed by atoms with van der Waals surface area (Å²) in [6.45, 7) is 0. The van der Waals surface area contributed by atoms with Gasteiger partial charge in [0.15, 0.2) is 5.65 Å². The van der Waals surface area contributed by atoms with Gasteiger partial charge in [-0.1, -0.05) is 37.5 Å². The summed E-state index contributed by atoms with van der Waals surface area (Å²) in [5.41, 5.74) is 1.43. The van der Waals surface area contributed by atoms with Gasteiger partial charge in [0.25, 0.3) is 0 Å². The second-order valence-electron chi connectivity index (χ2n) is 6.73. The lowest BCUT2D eigenvalue weighted by Gasteiger charge is -2.22. The number of rotatable bonds is 4. The maximum atomic E-state index is 12.2. The number of benzene rings is 1. The van der Waals surface area contributed by atoms with E-state index in [0.29, 0.717) is 17.4 Å². The van der Waals surface area contributed by atoms with Crippen LogP contribution in [0.3, 0.4) is 0 Å². The van der Waals surface area contributed by atoms with Gasteiger partial charge in [0.2, 0.25) is 5.95 Å². The number of anilines is 3. The maximum absolute atomic E-state index is 12.2. The zero-order valence-corrected chi connectivity index (χ0v) is 15.0. The lowest BCUT2D eigenvalue weighted by molar-refractivity contribution is 0.244. The van der Waals surface area contributed by atoms with Crippen LogP contribution >= 0.6 is 0 Å². The van der Waals surface area contributed by atoms with Gasteiger partial charge >= 0.3 is 6.03 Å². The van der Waals surface area contributed by atoms with Gasteiger partial charge in [-0.05, 0) is 37.1 Å². The van der Waals surface area contributed by atoms with E-state index in [1.165, 1.54) is 19.3 Å². The quantitative estimate of drug-likeness (QED) is 0.646. The van der Waals surface area contributed by atoms with Crippen LogP contribution in [-0.2, 0) is 0 Å². The van der Waals surface area contributed by atoms with Gasteiger partial charge < -0.3 is 10.6 Å². The number of hydrogen-bond acceptors (Lipinski definition) is 5. The Morgan fingerprint density at radius 1 is 0.963 bits per heavy atom. The van der Waals surface area contributed by atoms with Crippen LogP contribution in [0.25, 0.3) is 11.0 Å². The lowest BCUT2D eigenvalue weighted by Crippen LogP contribution is -2.39. The molecule has 2 aromatic heterocycles. The van der Waals surface area contributed by atoms with Gasteiger partial charge in [-0.15, -0.1) is 0 Å². The topological polar surface area (TPSA) is 91.8 Å². The molecule has 1 aromatic carbocycles. The first kappa shape index (κ1) is 17.2. The molecule has 7 nitrogen and oxygen atoms in total. The molecule has 4 rings (SSSR count). The van der Waals surface area contributed by atoms with Gasteiger partial charge in [-0.2, -0.15) is 4.98 Å². The van der Waals surface area contributed by atoms with E-state index in [4.69, 9.17) is 0 Å². The standard InChI is InChI=1S/C20H22N6O/c27-20(23-16-9-5-2-6-10-16)25-17-12-11-14-13-21-19(26-18(14)24-17)22-15-7-3-1-4-8-15/h1,3-4,7-8,11-13,16H,2,5-6,9-10H2,(H3,21,22,23,24,25,26,27). The number of fused-ring (bicyclic) bond motifs is 1. The summed E-state index contributed by atoms with van der Waals surface area (Å²) in [6, 6.07) is 13.4. The van der Waals surface area contributed by atoms with Crippen LogP contribution < -0.4 is 16.0 Å². The molecule has 1 aliphatic carbocycles. The summed E-state index contributed by atoms with van der Waals surface area (Å²) in [6.07, 6.45) is 7.40. The highest BCUT2D eigenvalue weighted by Gasteiger charge is 2.16. The number of para-hydroxylation sites is 1. The molecule has 0 unspecified atom stereocenters. The first-order chi connectivity index (χ1) is 13.3. The average molecular weight is 362 g/mol. The van der Waals surface area contributed by atoms with Crippen molar-refractivity contribution >= 4 is 34.5 Å². The Bertz CT molecular complexity index is 924. The van der Waals surface area contributed by atoms with E-state index in [1.54, 1.807) is 12.3 Å². The normalized spacial score (nSPS) is 14.7. The van der Waals surface area contributed by atoms with Crippen LogP contribution in [-0.4, -0.2) is 27.0 Å². The second kappa shape index (κ2) is 7.99. The van der Waals surface area contributed by atoms with E-state index in [0.717, 1.165) is 23.9 Å². The van der Waals surface area contributed by atoms with Crippen LogP contribution in [0.5, 0.6) is 0 Å². The van der Waals surface area contributed by atoms with E-state index in [2.05, 4.69) is 30.9 Å². The molecule has 1 fully saturated rings. The highest BCUT2D eigenvalue weighted by atomic mass is 16.2. The summed E-state index contributed by atoms with van der Waals surface area (Å²) in [5, 5.41) is 9.79. The van der Waals surface area contributed by atoms with Crippen LogP contribution in [0.2, 0.25) is 0 Å². The first-order valence-electron chi connectivity index (χ1n) is 9.30. The highest BCUT2D eigenvalue weighted by Crippen LogP contribution is 2.19. The molecular weight excluding hydrogens is 340 g/mol. The number of pyridine rings is 1. The molecule has 0 spiro atoms. The van der Waals surface area contributed by atoms with Crippen molar-refractivity contribution in [3.63, 3.8) is 0 Å². The molecule has 0 atom stereocenters. The summed E-state index contributed by atoms with van der Waals surface area (Å²) in [4.78, 5) is 25.4. The largest absolute Gasteiger partial charge is 0.335 e. The van der Waals surface area contributed by atoms with E-state index >= 15 is 0 Å². The molecule has 0 aliphatic heterocycles. The Morgan fingerprint density at radius 3 is 2.59 bits per heavy atom. The molecule has 2 heterocycles. The van der Waals surface area contributed by atoms with Crippen molar-refractivity contribution in [3.05, 3.63) is 48.7 Å². The predicted molar refractivity (Wildman–Crippen MR) is 106 cm³/mol. The zero-order valence-electron chi connectivity index (χ0n) is 15.0. The van der Waals surface area contributed by atoms with Crippen LogP contribution in [0, 0.1) is 0 Å². The lowest BCUT2D eigenvalue weighted by atomic mass is 9.96. The fourth-order valence-electron chi connectivity index (χ4n) is 3.27. The van der Waals surface area contributed by atoms with E-state index in [9.17, 15) is 4.79 Å². The molecule has 0 bridgehead atoms. The molecule has 1 aliphatic rings. The minimum absolute atomic E-state index is 0.217. The zero-order chi connectivity index (χ0) is 18.5. The number of nitrogens with zero attached hydrogens (tertiary/aromatic N) is 3. The summed E-state index contributed by atoms with van der Waals surface area (Å²) >= 11 is 0. The van der Waals surface area contributed by atoms with Gasteiger partial charge in [0.1, 0.15) is 5.82 Å². The third-order valence-electron chi connectivity index (χ3n) is 4.65. The fraction of sp³-hybridized carbons (Fsp3) is 0.300. The monoisotopic (exact) mass is 362 g/mol. The molecule has 1 saturated carbocycles. The van der Waals surface area contributed by atoms with Crippen molar-refractivity contribution in [2.45, 2.75) is 38.1 Å². The Morgan fingerprint density at radius 2 is 1.78 bits per heavy atom. The smallest absolute Gasteiger partial charge is 0.320 e. The number of amides is 2. The Balaban J connectivity index is 1.46. The van der Waals surface area contributed by atoms with Crippen molar-refractivity contribution in [3.8, 4) is 0 Å². The number of aromatic nitrogens is 3. The van der Waals surface area contributed by atoms with Gasteiger partial charge in [0.05, 0.1) is 0 Å². The third-order valence-corrected chi connectivity index (χ3v) is 4.65. The summed E-state index contributed by atoms with van der Waals surface area (Å²) in [7, 11) is 0. The minimum atomic E-state index is -0.217. The summed E-state index contributed by atoms with van der Waals surface area (Å²) < 4.78 is 0. The van der Waals surface area contributed by atoms with Crippen molar-refractivity contribution < 1.29 is 4.79 Å². The van der Waals surface area contributed by atoms with Crippen LogP contribution in [0.4, 0.5) is 22.2 Å². The van der Waals surface area contributed by atoms with Crippen molar-refractivity contribution in [1.29, 1.82) is 0 Å². The van der Waals surface area contributed by atoms with Gasteiger partial charge in [0, 0.05) is 23.3 Å². The van der Waals surface area contributed by atoms with Crippen LogP contribution in [0.1, 0.15) is 32.1 Å². The van der Waals surface area contributed by atoms with E-state index in [1.807, 2.05) is 36.4 Å². The number of hydrogen-bond donors (Lipinski definition) is 3.